The second-order valence-electron chi connectivity index (χ2n) is 9.91. The zero-order chi connectivity index (χ0) is 28.1. The zero-order valence-electron chi connectivity index (χ0n) is 23.0. The van der Waals surface area contributed by atoms with Crippen LogP contribution in [-0.2, 0) is 6.54 Å². The summed E-state index contributed by atoms with van der Waals surface area (Å²) in [6, 6.07) is 18.9. The summed E-state index contributed by atoms with van der Waals surface area (Å²) in [5.41, 5.74) is 11.9. The quantitative estimate of drug-likeness (QED) is 0.179. The number of hydrogen-bond donors (Lipinski definition) is 3. The van der Waals surface area contributed by atoms with Crippen LogP contribution in [0.25, 0.3) is 33.5 Å². The third-order valence-electron chi connectivity index (χ3n) is 6.61. The number of hydrogen-bond acceptors (Lipinski definition) is 7. The van der Waals surface area contributed by atoms with E-state index in [1.807, 2.05) is 62.3 Å². The molecule has 0 radical (unpaired) electrons. The van der Waals surface area contributed by atoms with Crippen LogP contribution in [0.5, 0.6) is 5.75 Å². The standard InChI is InChI=1S/C31H34FN7O/c1-20-7-6-8-27(36-20)31-30(37-29(38-31)19-35-28-17-23(39(2)3)10-11-25(28)32)21-9-12-26-22(15-21)16-24(18-34-26)40-14-5-4-13-33/h6-12,15-18,35H,4-5,13-14,19,33H2,1-3H3,(H,37,38). The predicted molar refractivity (Wildman–Crippen MR) is 159 cm³/mol. The number of benzene rings is 2. The average Bonchev–Trinajstić information content (AvgIpc) is 3.39. The van der Waals surface area contributed by atoms with Gasteiger partial charge in [-0.15, -0.1) is 0 Å². The Hall–Kier alpha value is -4.50. The lowest BCUT2D eigenvalue weighted by atomic mass is 10.1. The van der Waals surface area contributed by atoms with Gasteiger partial charge < -0.3 is 25.7 Å². The van der Waals surface area contributed by atoms with E-state index in [0.717, 1.165) is 63.5 Å². The maximum absolute atomic E-state index is 14.5. The van der Waals surface area contributed by atoms with Crippen molar-refractivity contribution >= 4 is 22.3 Å². The molecule has 0 unspecified atom stereocenters. The van der Waals surface area contributed by atoms with Crippen molar-refractivity contribution in [3.8, 4) is 28.4 Å². The van der Waals surface area contributed by atoms with Crippen molar-refractivity contribution in [1.29, 1.82) is 0 Å². The minimum Gasteiger partial charge on any atom is -0.492 e. The fraction of sp³-hybridized carbons (Fsp3) is 0.258. The molecule has 5 rings (SSSR count). The van der Waals surface area contributed by atoms with E-state index in [2.05, 4.69) is 21.4 Å². The number of pyridine rings is 2. The average molecular weight is 540 g/mol. The first kappa shape index (κ1) is 27.1. The van der Waals surface area contributed by atoms with Crippen LogP contribution in [0.1, 0.15) is 24.4 Å². The number of rotatable bonds is 11. The van der Waals surface area contributed by atoms with Crippen LogP contribution >= 0.6 is 0 Å². The molecule has 4 N–H and O–H groups in total. The van der Waals surface area contributed by atoms with Gasteiger partial charge in [0, 0.05) is 36.4 Å². The number of unbranched alkanes of at least 4 members (excludes halogenated alkanes) is 1. The molecular weight excluding hydrogens is 505 g/mol. The second kappa shape index (κ2) is 12.1. The van der Waals surface area contributed by atoms with Crippen LogP contribution < -0.4 is 20.7 Å². The van der Waals surface area contributed by atoms with Crippen molar-refractivity contribution in [3.63, 3.8) is 0 Å². The lowest BCUT2D eigenvalue weighted by Crippen LogP contribution is -2.10. The number of nitrogens with two attached hydrogens (primary N) is 1. The van der Waals surface area contributed by atoms with Crippen molar-refractivity contribution in [3.05, 3.63) is 84.2 Å². The number of aromatic amines is 1. The fourth-order valence-corrected chi connectivity index (χ4v) is 4.46. The Morgan fingerprint density at radius 2 is 1.90 bits per heavy atom. The highest BCUT2D eigenvalue weighted by molar-refractivity contribution is 5.87. The van der Waals surface area contributed by atoms with E-state index in [9.17, 15) is 4.39 Å². The van der Waals surface area contributed by atoms with Crippen molar-refractivity contribution in [1.82, 2.24) is 19.9 Å². The molecule has 0 fully saturated rings. The topological polar surface area (TPSA) is 105 Å². The Balaban J connectivity index is 1.48. The van der Waals surface area contributed by atoms with Gasteiger partial charge in [0.25, 0.3) is 0 Å². The van der Waals surface area contributed by atoms with Gasteiger partial charge in [-0.1, -0.05) is 12.1 Å². The maximum Gasteiger partial charge on any atom is 0.146 e. The van der Waals surface area contributed by atoms with Crippen molar-refractivity contribution < 1.29 is 9.13 Å². The summed E-state index contributed by atoms with van der Waals surface area (Å²) < 4.78 is 20.4. The van der Waals surface area contributed by atoms with Crippen molar-refractivity contribution in [2.24, 2.45) is 5.73 Å². The Kier molecular flexibility index (Phi) is 8.21. The highest BCUT2D eigenvalue weighted by Gasteiger charge is 2.17. The molecule has 0 aliphatic heterocycles. The van der Waals surface area contributed by atoms with E-state index in [-0.39, 0.29) is 5.82 Å². The summed E-state index contributed by atoms with van der Waals surface area (Å²) in [6.45, 7) is 3.52. The summed E-state index contributed by atoms with van der Waals surface area (Å²) in [5, 5.41) is 4.14. The number of halogens is 1. The number of nitrogens with one attached hydrogen (secondary N) is 2. The molecule has 0 bridgehead atoms. The van der Waals surface area contributed by atoms with Crippen LogP contribution in [0.15, 0.2) is 66.9 Å². The molecule has 206 valence electrons. The minimum atomic E-state index is -0.318. The van der Waals surface area contributed by atoms with Gasteiger partial charge in [0.15, 0.2) is 0 Å². The molecule has 0 atom stereocenters. The molecule has 0 aliphatic rings. The van der Waals surface area contributed by atoms with Gasteiger partial charge in [0.05, 0.1) is 47.6 Å². The van der Waals surface area contributed by atoms with Crippen LogP contribution in [0, 0.1) is 12.7 Å². The van der Waals surface area contributed by atoms with E-state index in [0.29, 0.717) is 31.2 Å². The maximum atomic E-state index is 14.5. The molecule has 5 aromatic rings. The van der Waals surface area contributed by atoms with E-state index in [1.54, 1.807) is 18.3 Å². The summed E-state index contributed by atoms with van der Waals surface area (Å²) >= 11 is 0. The van der Waals surface area contributed by atoms with Crippen molar-refractivity contribution in [2.45, 2.75) is 26.3 Å². The molecule has 0 saturated heterocycles. The molecule has 0 aliphatic carbocycles. The molecule has 0 amide bonds. The number of aryl methyl sites for hydroxylation is 1. The molecule has 3 heterocycles. The minimum absolute atomic E-state index is 0.308. The predicted octanol–water partition coefficient (Wildman–Crippen LogP) is 5.93. The summed E-state index contributed by atoms with van der Waals surface area (Å²) in [4.78, 5) is 19.6. The Bertz CT molecular complexity index is 1620. The van der Waals surface area contributed by atoms with Gasteiger partial charge in [-0.3, -0.25) is 9.97 Å². The number of H-pyrrole nitrogens is 1. The van der Waals surface area contributed by atoms with E-state index >= 15 is 0 Å². The Morgan fingerprint density at radius 1 is 1.02 bits per heavy atom. The first-order valence-electron chi connectivity index (χ1n) is 13.4. The zero-order valence-corrected chi connectivity index (χ0v) is 23.0. The van der Waals surface area contributed by atoms with Gasteiger partial charge in [-0.2, -0.15) is 0 Å². The van der Waals surface area contributed by atoms with E-state index < -0.39 is 0 Å². The molecule has 3 aromatic heterocycles. The molecule has 8 nitrogen and oxygen atoms in total. The molecule has 40 heavy (non-hydrogen) atoms. The number of aromatic nitrogens is 4. The van der Waals surface area contributed by atoms with Gasteiger partial charge in [0.2, 0.25) is 0 Å². The number of fused-ring (bicyclic) bond motifs is 1. The lowest BCUT2D eigenvalue weighted by molar-refractivity contribution is 0.307. The lowest BCUT2D eigenvalue weighted by Gasteiger charge is -2.14. The molecule has 9 heteroatoms. The highest BCUT2D eigenvalue weighted by atomic mass is 19.1. The van der Waals surface area contributed by atoms with Crippen LogP contribution in [0.3, 0.4) is 0 Å². The summed E-state index contributed by atoms with van der Waals surface area (Å²) in [7, 11) is 3.85. The summed E-state index contributed by atoms with van der Waals surface area (Å²) in [6.07, 6.45) is 3.56. The number of anilines is 2. The second-order valence-corrected chi connectivity index (χ2v) is 9.91. The monoisotopic (exact) mass is 539 g/mol. The SMILES string of the molecule is Cc1cccc(-c2[nH]c(CNc3cc(N(C)C)ccc3F)nc2-c2ccc3ncc(OCCCCN)cc3c2)n1. The molecular formula is C31H34FN7O. The number of imidazole rings is 1. The van der Waals surface area contributed by atoms with Crippen LogP contribution in [0.2, 0.25) is 0 Å². The van der Waals surface area contributed by atoms with Gasteiger partial charge in [0.1, 0.15) is 17.4 Å². The molecule has 0 spiro atoms. The normalized spacial score (nSPS) is 11.1. The van der Waals surface area contributed by atoms with E-state index in [4.69, 9.17) is 20.4 Å². The molecule has 0 saturated carbocycles. The van der Waals surface area contributed by atoms with Gasteiger partial charge in [-0.25, -0.2) is 9.37 Å². The largest absolute Gasteiger partial charge is 0.492 e. The van der Waals surface area contributed by atoms with Crippen LogP contribution in [0.4, 0.5) is 15.8 Å². The summed E-state index contributed by atoms with van der Waals surface area (Å²) in [5.74, 6) is 1.07. The first-order chi connectivity index (χ1) is 19.4. The number of nitrogens with zero attached hydrogens (tertiary/aromatic N) is 4. The number of ether oxygens (including phenoxy) is 1. The Labute approximate surface area is 233 Å². The highest BCUT2D eigenvalue weighted by Crippen LogP contribution is 2.32. The van der Waals surface area contributed by atoms with E-state index in [1.165, 1.54) is 6.07 Å². The fourth-order valence-electron chi connectivity index (χ4n) is 4.46. The molecule has 2 aromatic carbocycles. The third-order valence-corrected chi connectivity index (χ3v) is 6.61. The van der Waals surface area contributed by atoms with Crippen molar-refractivity contribution in [2.75, 3.05) is 37.5 Å². The Morgan fingerprint density at radius 3 is 2.70 bits per heavy atom. The third kappa shape index (κ3) is 6.21. The smallest absolute Gasteiger partial charge is 0.146 e. The van der Waals surface area contributed by atoms with Crippen LogP contribution in [-0.4, -0.2) is 47.2 Å². The van der Waals surface area contributed by atoms with Gasteiger partial charge in [-0.05, 0) is 74.8 Å². The first-order valence-corrected chi connectivity index (χ1v) is 13.4. The van der Waals surface area contributed by atoms with Gasteiger partial charge >= 0.3 is 0 Å².